The van der Waals surface area contributed by atoms with Gasteiger partial charge in [-0.1, -0.05) is 0 Å². The van der Waals surface area contributed by atoms with Crippen LogP contribution in [0.25, 0.3) is 0 Å². The molecule has 2 aliphatic rings. The summed E-state index contributed by atoms with van der Waals surface area (Å²) in [5.41, 5.74) is 0.473. The normalized spacial score (nSPS) is 25.2. The smallest absolute Gasteiger partial charge is 0.319 e. The molecule has 2 heterocycles. The first-order valence-electron chi connectivity index (χ1n) is 9.92. The molecule has 0 radical (unpaired) electrons. The lowest BCUT2D eigenvalue weighted by molar-refractivity contribution is -0.141. The molecule has 3 N–H and O–H groups in total. The minimum Gasteiger partial charge on any atom is -0.394 e. The van der Waals surface area contributed by atoms with E-state index in [1.54, 1.807) is 0 Å². The summed E-state index contributed by atoms with van der Waals surface area (Å²) in [6.45, 7) is 1.38. The molecule has 0 saturated carbocycles. The topological polar surface area (TPSA) is 90.9 Å². The predicted octanol–water partition coefficient (Wildman–Crippen LogP) is 2.26. The van der Waals surface area contributed by atoms with Crippen LogP contribution in [-0.4, -0.2) is 59.9 Å². The van der Waals surface area contributed by atoms with Crippen molar-refractivity contribution in [3.8, 4) is 0 Å². The van der Waals surface area contributed by atoms with Gasteiger partial charge in [-0.3, -0.25) is 4.79 Å². The minimum atomic E-state index is -0.563. The van der Waals surface area contributed by atoms with E-state index in [-0.39, 0.29) is 30.5 Å². The van der Waals surface area contributed by atoms with Crippen molar-refractivity contribution in [1.82, 2.24) is 10.2 Å². The lowest BCUT2D eigenvalue weighted by atomic mass is 9.96. The molecule has 8 heteroatoms. The first kappa shape index (κ1) is 20.5. The van der Waals surface area contributed by atoms with Crippen LogP contribution in [0.1, 0.15) is 38.5 Å². The van der Waals surface area contributed by atoms with Crippen LogP contribution in [0.4, 0.5) is 14.9 Å². The van der Waals surface area contributed by atoms with Gasteiger partial charge in [0.15, 0.2) is 0 Å². The number of piperidine rings is 1. The lowest BCUT2D eigenvalue weighted by Gasteiger charge is -2.37. The number of rotatable bonds is 5. The van der Waals surface area contributed by atoms with E-state index < -0.39 is 12.1 Å². The maximum Gasteiger partial charge on any atom is 0.319 e. The van der Waals surface area contributed by atoms with Gasteiger partial charge in [0.25, 0.3) is 0 Å². The van der Waals surface area contributed by atoms with Crippen molar-refractivity contribution in [3.63, 3.8) is 0 Å². The third kappa shape index (κ3) is 5.65. The van der Waals surface area contributed by atoms with Crippen LogP contribution in [0.15, 0.2) is 24.3 Å². The second kappa shape index (κ2) is 9.84. The summed E-state index contributed by atoms with van der Waals surface area (Å²) in [5.74, 6) is -0.279. The SMILES string of the molecule is O=C(Nc1ccc(F)cc1)N[C@@H]1CC[C@@H](CC(=O)N2CCCCC2)O[C@@H]1CO. The Morgan fingerprint density at radius 2 is 1.86 bits per heavy atom. The highest BCUT2D eigenvalue weighted by Crippen LogP contribution is 2.23. The van der Waals surface area contributed by atoms with Crippen LogP contribution >= 0.6 is 0 Å². The zero-order chi connectivity index (χ0) is 19.9. The molecule has 28 heavy (non-hydrogen) atoms. The number of carbonyl (C=O) groups excluding carboxylic acids is 2. The Bertz CT molecular complexity index is 664. The summed E-state index contributed by atoms with van der Waals surface area (Å²) in [4.78, 5) is 26.5. The molecule has 2 aliphatic heterocycles. The summed E-state index contributed by atoms with van der Waals surface area (Å²) in [6.07, 6.45) is 4.01. The highest BCUT2D eigenvalue weighted by atomic mass is 19.1. The average Bonchev–Trinajstić information content (AvgIpc) is 2.71. The molecule has 0 aliphatic carbocycles. The van der Waals surface area contributed by atoms with Crippen LogP contribution in [0.3, 0.4) is 0 Å². The third-order valence-electron chi connectivity index (χ3n) is 5.33. The Morgan fingerprint density at radius 1 is 1.14 bits per heavy atom. The fraction of sp³-hybridized carbons (Fsp3) is 0.600. The number of hydrogen-bond donors (Lipinski definition) is 3. The van der Waals surface area contributed by atoms with Crippen LogP contribution in [0.5, 0.6) is 0 Å². The van der Waals surface area contributed by atoms with E-state index in [1.165, 1.54) is 30.7 Å². The Hall–Kier alpha value is -2.19. The van der Waals surface area contributed by atoms with Crippen molar-refractivity contribution in [1.29, 1.82) is 0 Å². The van der Waals surface area contributed by atoms with E-state index in [0.29, 0.717) is 24.9 Å². The summed E-state index contributed by atoms with van der Waals surface area (Å²) in [5, 5.41) is 15.1. The van der Waals surface area contributed by atoms with Gasteiger partial charge in [0.1, 0.15) is 11.9 Å². The van der Waals surface area contributed by atoms with Gasteiger partial charge in [0, 0.05) is 18.8 Å². The summed E-state index contributed by atoms with van der Waals surface area (Å²) in [7, 11) is 0. The maximum atomic E-state index is 12.9. The monoisotopic (exact) mass is 393 g/mol. The summed E-state index contributed by atoms with van der Waals surface area (Å²) in [6, 6.07) is 4.67. The molecule has 154 valence electrons. The predicted molar refractivity (Wildman–Crippen MR) is 102 cm³/mol. The summed E-state index contributed by atoms with van der Waals surface area (Å²) >= 11 is 0. The molecule has 3 rings (SSSR count). The molecule has 0 unspecified atom stereocenters. The van der Waals surface area contributed by atoms with Crippen molar-refractivity contribution in [2.45, 2.75) is 56.8 Å². The molecule has 0 aromatic heterocycles. The molecule has 7 nitrogen and oxygen atoms in total. The fourth-order valence-electron chi connectivity index (χ4n) is 3.78. The van der Waals surface area contributed by atoms with Gasteiger partial charge in [-0.05, 0) is 56.4 Å². The van der Waals surface area contributed by atoms with Crippen LogP contribution in [0, 0.1) is 5.82 Å². The first-order chi connectivity index (χ1) is 13.5. The Morgan fingerprint density at radius 3 is 2.54 bits per heavy atom. The number of ether oxygens (including phenoxy) is 1. The highest BCUT2D eigenvalue weighted by Gasteiger charge is 2.33. The third-order valence-corrected chi connectivity index (χ3v) is 5.33. The Kier molecular flexibility index (Phi) is 7.22. The van der Waals surface area contributed by atoms with Crippen LogP contribution < -0.4 is 10.6 Å². The van der Waals surface area contributed by atoms with Crippen molar-refractivity contribution in [2.75, 3.05) is 25.0 Å². The van der Waals surface area contributed by atoms with E-state index in [0.717, 1.165) is 25.9 Å². The number of hydrogen-bond acceptors (Lipinski definition) is 4. The number of anilines is 1. The number of likely N-dealkylation sites (tertiary alicyclic amines) is 1. The molecule has 3 atom stereocenters. The van der Waals surface area contributed by atoms with Crippen LogP contribution in [-0.2, 0) is 9.53 Å². The number of aliphatic hydroxyl groups excluding tert-OH is 1. The number of urea groups is 1. The molecule has 2 fully saturated rings. The molecule has 3 amide bonds. The first-order valence-corrected chi connectivity index (χ1v) is 9.92. The number of carbonyl (C=O) groups is 2. The fourth-order valence-corrected chi connectivity index (χ4v) is 3.78. The average molecular weight is 393 g/mol. The number of nitrogens with zero attached hydrogens (tertiary/aromatic N) is 1. The zero-order valence-electron chi connectivity index (χ0n) is 15.9. The zero-order valence-corrected chi connectivity index (χ0v) is 15.9. The molecular formula is C20H28FN3O4. The Balaban J connectivity index is 1.47. The maximum absolute atomic E-state index is 12.9. The highest BCUT2D eigenvalue weighted by molar-refractivity contribution is 5.89. The molecule has 1 aromatic carbocycles. The van der Waals surface area contributed by atoms with E-state index in [4.69, 9.17) is 4.74 Å². The molecule has 0 bridgehead atoms. The van der Waals surface area contributed by atoms with E-state index in [1.807, 2.05) is 4.90 Å². The molecular weight excluding hydrogens is 365 g/mol. The number of benzene rings is 1. The van der Waals surface area contributed by atoms with Gasteiger partial charge >= 0.3 is 6.03 Å². The van der Waals surface area contributed by atoms with Crippen molar-refractivity contribution in [2.24, 2.45) is 0 Å². The van der Waals surface area contributed by atoms with Gasteiger partial charge in [-0.25, -0.2) is 9.18 Å². The van der Waals surface area contributed by atoms with Crippen molar-refractivity contribution >= 4 is 17.6 Å². The van der Waals surface area contributed by atoms with E-state index >= 15 is 0 Å². The molecule has 1 aromatic rings. The van der Waals surface area contributed by atoms with Gasteiger partial charge in [-0.15, -0.1) is 0 Å². The quantitative estimate of drug-likeness (QED) is 0.716. The van der Waals surface area contributed by atoms with Crippen LogP contribution in [0.2, 0.25) is 0 Å². The lowest BCUT2D eigenvalue weighted by Crippen LogP contribution is -2.52. The van der Waals surface area contributed by atoms with E-state index in [9.17, 15) is 19.1 Å². The van der Waals surface area contributed by atoms with Gasteiger partial charge in [-0.2, -0.15) is 0 Å². The largest absolute Gasteiger partial charge is 0.394 e. The van der Waals surface area contributed by atoms with Crippen molar-refractivity contribution in [3.05, 3.63) is 30.1 Å². The number of amides is 3. The van der Waals surface area contributed by atoms with Crippen molar-refractivity contribution < 1.29 is 23.8 Å². The summed E-state index contributed by atoms with van der Waals surface area (Å²) < 4.78 is 18.8. The number of nitrogens with one attached hydrogen (secondary N) is 2. The van der Waals surface area contributed by atoms with Gasteiger partial charge < -0.3 is 25.4 Å². The molecule has 0 spiro atoms. The van der Waals surface area contributed by atoms with E-state index in [2.05, 4.69) is 10.6 Å². The number of aliphatic hydroxyl groups is 1. The van der Waals surface area contributed by atoms with Gasteiger partial charge in [0.2, 0.25) is 5.91 Å². The second-order valence-corrected chi connectivity index (χ2v) is 7.41. The standard InChI is InChI=1S/C20H28FN3O4/c21-14-4-6-15(7-5-14)22-20(27)23-17-9-8-16(28-18(17)13-25)12-19(26)24-10-2-1-3-11-24/h4-7,16-18,25H,1-3,8-13H2,(H2,22,23,27)/t16-,17+,18+/m0/s1. The Labute approximate surface area is 164 Å². The van der Waals surface area contributed by atoms with Gasteiger partial charge in [0.05, 0.1) is 25.2 Å². The minimum absolute atomic E-state index is 0.0989. The molecule has 2 saturated heterocycles. The second-order valence-electron chi connectivity index (χ2n) is 7.41. The number of halogens is 1.